The van der Waals surface area contributed by atoms with Crippen LogP contribution in [0.4, 0.5) is 0 Å². The van der Waals surface area contributed by atoms with Gasteiger partial charge in [0.25, 0.3) is 0 Å². The van der Waals surface area contributed by atoms with E-state index in [9.17, 15) is 0 Å². The molecule has 6 nitrogen and oxygen atoms in total. The molecule has 0 aliphatic carbocycles. The van der Waals surface area contributed by atoms with Crippen LogP contribution in [-0.4, -0.2) is 40.7 Å². The predicted octanol–water partition coefficient (Wildman–Crippen LogP) is 6.38. The summed E-state index contributed by atoms with van der Waals surface area (Å²) in [6.45, 7) is 11.9. The van der Waals surface area contributed by atoms with Gasteiger partial charge in [-0.05, 0) is 67.7 Å². The van der Waals surface area contributed by atoms with Gasteiger partial charge in [-0.25, -0.2) is 4.98 Å². The van der Waals surface area contributed by atoms with E-state index in [4.69, 9.17) is 20.2 Å². The number of hydrogen-bond donors (Lipinski definition) is 1. The van der Waals surface area contributed by atoms with E-state index in [0.717, 1.165) is 78.5 Å². The van der Waals surface area contributed by atoms with Crippen molar-refractivity contribution in [3.05, 3.63) is 89.7 Å². The van der Waals surface area contributed by atoms with Gasteiger partial charge in [-0.15, -0.1) is 0 Å². The average molecular weight is 515 g/mol. The quantitative estimate of drug-likeness (QED) is 0.187. The first-order valence-corrected chi connectivity index (χ1v) is 14.0. The van der Waals surface area contributed by atoms with Gasteiger partial charge in [0.1, 0.15) is 23.9 Å². The molecule has 0 amide bonds. The van der Waals surface area contributed by atoms with E-state index in [2.05, 4.69) is 66.6 Å². The van der Waals surface area contributed by atoms with Gasteiger partial charge < -0.3 is 24.7 Å². The van der Waals surface area contributed by atoms with Crippen LogP contribution >= 0.6 is 0 Å². The van der Waals surface area contributed by atoms with Crippen LogP contribution in [0, 0.1) is 0 Å². The Kier molecular flexibility index (Phi) is 10.2. The van der Waals surface area contributed by atoms with Gasteiger partial charge in [-0.1, -0.05) is 63.2 Å². The Morgan fingerprint density at radius 3 is 2.32 bits per heavy atom. The fourth-order valence-corrected chi connectivity index (χ4v) is 4.78. The number of imidazole rings is 1. The van der Waals surface area contributed by atoms with Crippen molar-refractivity contribution in [2.24, 2.45) is 5.73 Å². The molecule has 0 fully saturated rings. The SMILES string of the molecule is CCCn1c([C@H](N)Cc2ccc(OCc3ccccc3)cc2)nc2ccc(OCCCN(CC)CC)cc21. The van der Waals surface area contributed by atoms with Crippen molar-refractivity contribution >= 4 is 11.0 Å². The monoisotopic (exact) mass is 514 g/mol. The van der Waals surface area contributed by atoms with Crippen molar-refractivity contribution in [1.82, 2.24) is 14.5 Å². The lowest BCUT2D eigenvalue weighted by atomic mass is 10.1. The molecule has 202 valence electrons. The maximum Gasteiger partial charge on any atom is 0.127 e. The maximum atomic E-state index is 6.74. The molecular formula is C32H42N4O2. The Hall–Kier alpha value is -3.35. The predicted molar refractivity (Wildman–Crippen MR) is 156 cm³/mol. The molecule has 0 radical (unpaired) electrons. The Morgan fingerprint density at radius 2 is 1.61 bits per heavy atom. The van der Waals surface area contributed by atoms with Crippen LogP contribution in [0.2, 0.25) is 0 Å². The smallest absolute Gasteiger partial charge is 0.127 e. The van der Waals surface area contributed by atoms with Crippen molar-refractivity contribution in [3.8, 4) is 11.5 Å². The number of benzene rings is 3. The molecule has 0 aliphatic rings. The van der Waals surface area contributed by atoms with E-state index < -0.39 is 0 Å². The minimum absolute atomic E-state index is 0.205. The number of nitrogens with two attached hydrogens (primary N) is 1. The van der Waals surface area contributed by atoms with E-state index in [1.807, 2.05) is 36.4 Å². The zero-order valence-corrected chi connectivity index (χ0v) is 23.1. The molecule has 0 unspecified atom stereocenters. The Balaban J connectivity index is 1.40. The van der Waals surface area contributed by atoms with E-state index in [0.29, 0.717) is 19.6 Å². The summed E-state index contributed by atoms with van der Waals surface area (Å²) in [5, 5.41) is 0. The first kappa shape index (κ1) is 27.7. The van der Waals surface area contributed by atoms with Gasteiger partial charge in [-0.3, -0.25) is 0 Å². The number of aromatic nitrogens is 2. The summed E-state index contributed by atoms with van der Waals surface area (Å²) in [4.78, 5) is 7.36. The minimum atomic E-state index is -0.205. The summed E-state index contributed by atoms with van der Waals surface area (Å²) in [5.41, 5.74) is 11.1. The van der Waals surface area contributed by atoms with Crippen molar-refractivity contribution < 1.29 is 9.47 Å². The van der Waals surface area contributed by atoms with Crippen molar-refractivity contribution in [3.63, 3.8) is 0 Å². The first-order chi connectivity index (χ1) is 18.6. The van der Waals surface area contributed by atoms with E-state index in [-0.39, 0.29) is 6.04 Å². The third kappa shape index (κ3) is 7.36. The molecule has 6 heteroatoms. The molecule has 0 aliphatic heterocycles. The molecule has 0 spiro atoms. The van der Waals surface area contributed by atoms with Gasteiger partial charge in [0.2, 0.25) is 0 Å². The number of ether oxygens (including phenoxy) is 2. The number of rotatable bonds is 15. The highest BCUT2D eigenvalue weighted by molar-refractivity contribution is 5.78. The molecule has 1 atom stereocenters. The lowest BCUT2D eigenvalue weighted by Crippen LogP contribution is -2.25. The third-order valence-electron chi connectivity index (χ3n) is 6.94. The molecule has 1 aromatic heterocycles. The normalized spacial score (nSPS) is 12.2. The molecule has 1 heterocycles. The summed E-state index contributed by atoms with van der Waals surface area (Å²) in [6, 6.07) is 24.4. The molecule has 0 saturated heterocycles. The van der Waals surface area contributed by atoms with Gasteiger partial charge in [0.05, 0.1) is 23.7 Å². The fourth-order valence-electron chi connectivity index (χ4n) is 4.78. The van der Waals surface area contributed by atoms with Crippen LogP contribution in [0.25, 0.3) is 11.0 Å². The van der Waals surface area contributed by atoms with E-state index in [1.165, 1.54) is 0 Å². The number of hydrogen-bond acceptors (Lipinski definition) is 5. The summed E-state index contributed by atoms with van der Waals surface area (Å²) >= 11 is 0. The molecule has 4 rings (SSSR count). The number of fused-ring (bicyclic) bond motifs is 1. The topological polar surface area (TPSA) is 65.5 Å². The zero-order chi connectivity index (χ0) is 26.7. The Bertz CT molecular complexity index is 1250. The highest BCUT2D eigenvalue weighted by Gasteiger charge is 2.18. The third-order valence-corrected chi connectivity index (χ3v) is 6.94. The largest absolute Gasteiger partial charge is 0.493 e. The molecule has 3 aromatic carbocycles. The van der Waals surface area contributed by atoms with E-state index >= 15 is 0 Å². The van der Waals surface area contributed by atoms with Crippen LogP contribution in [0.3, 0.4) is 0 Å². The summed E-state index contributed by atoms with van der Waals surface area (Å²) < 4.78 is 14.3. The summed E-state index contributed by atoms with van der Waals surface area (Å²) in [7, 11) is 0. The molecule has 0 saturated carbocycles. The second kappa shape index (κ2) is 14.0. The summed E-state index contributed by atoms with van der Waals surface area (Å²) in [6.07, 6.45) is 2.73. The highest BCUT2D eigenvalue weighted by atomic mass is 16.5. The molecule has 0 bridgehead atoms. The van der Waals surface area contributed by atoms with Crippen LogP contribution < -0.4 is 15.2 Å². The molecule has 2 N–H and O–H groups in total. The van der Waals surface area contributed by atoms with Crippen LogP contribution in [0.15, 0.2) is 72.8 Å². The van der Waals surface area contributed by atoms with Gasteiger partial charge in [0.15, 0.2) is 0 Å². The first-order valence-electron chi connectivity index (χ1n) is 14.0. The lowest BCUT2D eigenvalue weighted by molar-refractivity contribution is 0.249. The van der Waals surface area contributed by atoms with E-state index in [1.54, 1.807) is 0 Å². The molecular weight excluding hydrogens is 472 g/mol. The standard InChI is InChI=1S/C32H42N4O2/c1-4-19-36-31-23-28(37-21-10-20-35(5-2)6-3)17-18-30(31)34-32(36)29(33)22-25-13-15-27(16-14-25)38-24-26-11-8-7-9-12-26/h7-9,11-18,23,29H,4-6,10,19-22,24,33H2,1-3H3/t29-/m1/s1. The average Bonchev–Trinajstić information content (AvgIpc) is 3.31. The number of nitrogens with zero attached hydrogens (tertiary/aromatic N) is 3. The van der Waals surface area contributed by atoms with Crippen LogP contribution in [0.1, 0.15) is 56.6 Å². The molecule has 38 heavy (non-hydrogen) atoms. The lowest BCUT2D eigenvalue weighted by Gasteiger charge is -2.17. The zero-order valence-electron chi connectivity index (χ0n) is 23.1. The van der Waals surface area contributed by atoms with Crippen LogP contribution in [0.5, 0.6) is 11.5 Å². The Labute approximate surface area is 227 Å². The summed E-state index contributed by atoms with van der Waals surface area (Å²) in [5.74, 6) is 2.67. The van der Waals surface area contributed by atoms with Gasteiger partial charge in [-0.2, -0.15) is 0 Å². The number of aryl methyl sites for hydroxylation is 1. The Morgan fingerprint density at radius 1 is 0.868 bits per heavy atom. The van der Waals surface area contributed by atoms with Crippen molar-refractivity contribution in [2.45, 2.75) is 59.2 Å². The van der Waals surface area contributed by atoms with Crippen molar-refractivity contribution in [1.29, 1.82) is 0 Å². The molecule has 4 aromatic rings. The van der Waals surface area contributed by atoms with Gasteiger partial charge >= 0.3 is 0 Å². The maximum absolute atomic E-state index is 6.74. The fraction of sp³-hybridized carbons (Fsp3) is 0.406. The second-order valence-electron chi connectivity index (χ2n) is 9.73. The van der Waals surface area contributed by atoms with Crippen LogP contribution in [-0.2, 0) is 19.6 Å². The highest BCUT2D eigenvalue weighted by Crippen LogP contribution is 2.27. The van der Waals surface area contributed by atoms with Gasteiger partial charge in [0, 0.05) is 19.2 Å². The second-order valence-corrected chi connectivity index (χ2v) is 9.73. The minimum Gasteiger partial charge on any atom is -0.493 e. The van der Waals surface area contributed by atoms with Crippen molar-refractivity contribution in [2.75, 3.05) is 26.2 Å².